The van der Waals surface area contributed by atoms with E-state index in [1.807, 2.05) is 24.3 Å². The van der Waals surface area contributed by atoms with Crippen molar-refractivity contribution in [1.29, 1.82) is 0 Å². The molecule has 0 atom stereocenters. The fourth-order valence-electron chi connectivity index (χ4n) is 2.17. The predicted octanol–water partition coefficient (Wildman–Crippen LogP) is 2.53. The third-order valence-electron chi connectivity index (χ3n) is 3.44. The van der Waals surface area contributed by atoms with E-state index in [0.717, 1.165) is 18.8 Å². The second kappa shape index (κ2) is 8.00. The van der Waals surface area contributed by atoms with E-state index >= 15 is 0 Å². The van der Waals surface area contributed by atoms with Crippen LogP contribution in [0, 0.1) is 0 Å². The number of hydrogen-bond acceptors (Lipinski definition) is 6. The quantitative estimate of drug-likeness (QED) is 0.749. The first-order valence-electron chi connectivity index (χ1n) is 7.53. The topological polar surface area (TPSA) is 114 Å². The molecular formula is C16H21N5O2S. The third kappa shape index (κ3) is 4.85. The van der Waals surface area contributed by atoms with Crippen molar-refractivity contribution in [3.63, 3.8) is 0 Å². The van der Waals surface area contributed by atoms with E-state index in [0.29, 0.717) is 17.9 Å². The Bertz CT molecular complexity index is 786. The highest BCUT2D eigenvalue weighted by Gasteiger charge is 2.06. The molecule has 8 heteroatoms. The number of nitrogens with zero attached hydrogens (tertiary/aromatic N) is 3. The lowest BCUT2D eigenvalue weighted by molar-refractivity contribution is 0.598. The molecule has 0 aliphatic carbocycles. The summed E-state index contributed by atoms with van der Waals surface area (Å²) in [5.41, 5.74) is 7.94. The largest absolute Gasteiger partial charge is 0.371 e. The number of hydrogen-bond donors (Lipinski definition) is 2. The molecule has 0 amide bonds. The Morgan fingerprint density at radius 1 is 0.958 bits per heavy atom. The van der Waals surface area contributed by atoms with E-state index in [1.165, 1.54) is 12.1 Å². The van der Waals surface area contributed by atoms with Gasteiger partial charge in [-0.3, -0.25) is 0 Å². The van der Waals surface area contributed by atoms with Crippen molar-refractivity contribution in [3.05, 3.63) is 48.5 Å². The molecule has 2 aromatic rings. The van der Waals surface area contributed by atoms with Crippen molar-refractivity contribution < 1.29 is 8.42 Å². The molecule has 0 bridgehead atoms. The Labute approximate surface area is 142 Å². The average molecular weight is 347 g/mol. The lowest BCUT2D eigenvalue weighted by atomic mass is 10.2. The molecule has 0 radical (unpaired) electrons. The summed E-state index contributed by atoms with van der Waals surface area (Å²) in [7, 11) is -3.69. The molecule has 128 valence electrons. The van der Waals surface area contributed by atoms with Crippen LogP contribution in [0.2, 0.25) is 0 Å². The number of azo groups is 1. The Morgan fingerprint density at radius 2 is 1.46 bits per heavy atom. The smallest absolute Gasteiger partial charge is 0.238 e. The molecule has 4 N–H and O–H groups in total. The minimum atomic E-state index is -3.69. The van der Waals surface area contributed by atoms with Gasteiger partial charge in [0, 0.05) is 25.3 Å². The summed E-state index contributed by atoms with van der Waals surface area (Å²) in [4.78, 5) is 2.22. The van der Waals surface area contributed by atoms with Crippen LogP contribution in [0.5, 0.6) is 0 Å². The summed E-state index contributed by atoms with van der Waals surface area (Å²) in [6, 6.07) is 13.6. The van der Waals surface area contributed by atoms with Gasteiger partial charge in [0.25, 0.3) is 0 Å². The monoisotopic (exact) mass is 347 g/mol. The van der Waals surface area contributed by atoms with Crippen molar-refractivity contribution in [1.82, 2.24) is 0 Å². The zero-order valence-corrected chi connectivity index (χ0v) is 14.3. The van der Waals surface area contributed by atoms with Crippen molar-refractivity contribution in [2.45, 2.75) is 11.8 Å². The van der Waals surface area contributed by atoms with Gasteiger partial charge in [0.2, 0.25) is 10.0 Å². The molecule has 24 heavy (non-hydrogen) atoms. The van der Waals surface area contributed by atoms with Crippen LogP contribution in [-0.4, -0.2) is 28.1 Å². The third-order valence-corrected chi connectivity index (χ3v) is 4.37. The number of likely N-dealkylation sites (N-methyl/N-ethyl adjacent to an activating group) is 1. The van der Waals surface area contributed by atoms with Crippen LogP contribution < -0.4 is 15.8 Å². The Hall–Kier alpha value is -2.29. The van der Waals surface area contributed by atoms with Gasteiger partial charge in [0.1, 0.15) is 0 Å². The van der Waals surface area contributed by atoms with Crippen molar-refractivity contribution >= 4 is 27.1 Å². The van der Waals surface area contributed by atoms with E-state index in [2.05, 4.69) is 22.1 Å². The first-order valence-corrected chi connectivity index (χ1v) is 9.08. The molecule has 2 aromatic carbocycles. The van der Waals surface area contributed by atoms with Gasteiger partial charge in [-0.25, -0.2) is 13.6 Å². The minimum absolute atomic E-state index is 0.0466. The van der Waals surface area contributed by atoms with E-state index in [-0.39, 0.29) is 4.90 Å². The number of nitrogens with two attached hydrogens (primary N) is 2. The molecule has 0 saturated heterocycles. The summed E-state index contributed by atoms with van der Waals surface area (Å²) >= 11 is 0. The Morgan fingerprint density at radius 3 is 1.88 bits per heavy atom. The number of primary sulfonamides is 1. The minimum Gasteiger partial charge on any atom is -0.371 e. The predicted molar refractivity (Wildman–Crippen MR) is 95.4 cm³/mol. The SMILES string of the molecule is CCN(CCN)c1ccc(N=Nc2ccc(S(N)(=O)=O)cc2)cc1. The first kappa shape index (κ1) is 18.1. The number of anilines is 1. The number of sulfonamides is 1. The van der Waals surface area contributed by atoms with Crippen LogP contribution >= 0.6 is 0 Å². The molecule has 0 spiro atoms. The van der Waals surface area contributed by atoms with E-state index in [1.54, 1.807) is 12.1 Å². The second-order valence-corrected chi connectivity index (χ2v) is 6.69. The molecule has 0 aliphatic heterocycles. The Balaban J connectivity index is 2.09. The van der Waals surface area contributed by atoms with Gasteiger partial charge in [-0.05, 0) is 55.5 Å². The molecule has 7 nitrogen and oxygen atoms in total. The zero-order chi connectivity index (χ0) is 17.6. The fourth-order valence-corrected chi connectivity index (χ4v) is 2.69. The summed E-state index contributed by atoms with van der Waals surface area (Å²) in [5.74, 6) is 0. The maximum atomic E-state index is 11.2. The number of rotatable bonds is 7. The van der Waals surface area contributed by atoms with E-state index in [9.17, 15) is 8.42 Å². The molecule has 0 heterocycles. The van der Waals surface area contributed by atoms with Gasteiger partial charge < -0.3 is 10.6 Å². The summed E-state index contributed by atoms with van der Waals surface area (Å²) < 4.78 is 22.4. The van der Waals surface area contributed by atoms with Gasteiger partial charge in [0.15, 0.2) is 0 Å². The van der Waals surface area contributed by atoms with Gasteiger partial charge in [0.05, 0.1) is 16.3 Å². The van der Waals surface area contributed by atoms with E-state index in [4.69, 9.17) is 10.9 Å². The summed E-state index contributed by atoms with van der Waals surface area (Å²) in [5, 5.41) is 13.3. The van der Waals surface area contributed by atoms with Crippen LogP contribution in [-0.2, 0) is 10.0 Å². The van der Waals surface area contributed by atoms with Crippen LogP contribution in [0.4, 0.5) is 17.1 Å². The first-order chi connectivity index (χ1) is 11.4. The Kier molecular flexibility index (Phi) is 6.02. The van der Waals surface area contributed by atoms with Crippen molar-refractivity contribution in [2.75, 3.05) is 24.5 Å². The highest BCUT2D eigenvalue weighted by Crippen LogP contribution is 2.22. The van der Waals surface area contributed by atoms with Gasteiger partial charge in [-0.2, -0.15) is 10.2 Å². The van der Waals surface area contributed by atoms with Crippen LogP contribution in [0.3, 0.4) is 0 Å². The van der Waals surface area contributed by atoms with Crippen LogP contribution in [0.1, 0.15) is 6.92 Å². The lowest BCUT2D eigenvalue weighted by Crippen LogP contribution is -2.28. The second-order valence-electron chi connectivity index (χ2n) is 5.12. The van der Waals surface area contributed by atoms with Crippen molar-refractivity contribution in [3.8, 4) is 0 Å². The average Bonchev–Trinajstić information content (AvgIpc) is 2.58. The molecular weight excluding hydrogens is 326 g/mol. The molecule has 0 unspecified atom stereocenters. The molecule has 0 saturated carbocycles. The molecule has 0 fully saturated rings. The normalized spacial score (nSPS) is 11.8. The van der Waals surface area contributed by atoms with Gasteiger partial charge in [-0.1, -0.05) is 0 Å². The maximum absolute atomic E-state index is 11.2. The highest BCUT2D eigenvalue weighted by atomic mass is 32.2. The maximum Gasteiger partial charge on any atom is 0.238 e. The summed E-state index contributed by atoms with van der Waals surface area (Å²) in [6.45, 7) is 4.36. The highest BCUT2D eigenvalue weighted by molar-refractivity contribution is 7.89. The van der Waals surface area contributed by atoms with Crippen molar-refractivity contribution in [2.24, 2.45) is 21.1 Å². The summed E-state index contributed by atoms with van der Waals surface area (Å²) in [6.07, 6.45) is 0. The zero-order valence-electron chi connectivity index (χ0n) is 13.5. The van der Waals surface area contributed by atoms with Gasteiger partial charge >= 0.3 is 0 Å². The number of benzene rings is 2. The lowest BCUT2D eigenvalue weighted by Gasteiger charge is -2.22. The van der Waals surface area contributed by atoms with E-state index < -0.39 is 10.0 Å². The van der Waals surface area contributed by atoms with Gasteiger partial charge in [-0.15, -0.1) is 0 Å². The molecule has 2 rings (SSSR count). The standard InChI is InChI=1S/C16H21N5O2S/c1-2-21(12-11-17)15-7-3-13(4-8-15)19-20-14-5-9-16(10-6-14)24(18,22)23/h3-10H,2,11-12,17H2,1H3,(H2,18,22,23). The van der Waals surface area contributed by atoms with Crippen LogP contribution in [0.25, 0.3) is 0 Å². The molecule has 0 aromatic heterocycles. The fraction of sp³-hybridized carbons (Fsp3) is 0.250. The van der Waals surface area contributed by atoms with Crippen LogP contribution in [0.15, 0.2) is 63.7 Å². The molecule has 0 aliphatic rings.